The predicted octanol–water partition coefficient (Wildman–Crippen LogP) is 1.57. The molecule has 0 aromatic heterocycles. The van der Waals surface area contributed by atoms with Crippen LogP contribution in [0.1, 0.15) is 33.6 Å². The number of hydrogen-bond acceptors (Lipinski definition) is 3. The molecule has 1 aliphatic heterocycles. The molecule has 3 nitrogen and oxygen atoms in total. The Morgan fingerprint density at radius 2 is 2.07 bits per heavy atom. The molecule has 0 spiro atoms. The molecule has 1 fully saturated rings. The third-order valence-electron chi connectivity index (χ3n) is 2.46. The van der Waals surface area contributed by atoms with Crippen LogP contribution in [0.25, 0.3) is 0 Å². The normalized spacial score (nSPS) is 27.4. The van der Waals surface area contributed by atoms with Gasteiger partial charge in [0.05, 0.1) is 18.8 Å². The maximum absolute atomic E-state index is 5.83. The summed E-state index contributed by atoms with van der Waals surface area (Å²) in [6.07, 6.45) is 3.03. The van der Waals surface area contributed by atoms with Gasteiger partial charge in [0.25, 0.3) is 0 Å². The zero-order valence-electron chi connectivity index (χ0n) is 9.58. The fourth-order valence-electron chi connectivity index (χ4n) is 1.67. The molecule has 0 aromatic rings. The van der Waals surface area contributed by atoms with E-state index in [1.54, 1.807) is 0 Å². The van der Waals surface area contributed by atoms with Crippen LogP contribution in [0.2, 0.25) is 0 Å². The molecule has 0 aliphatic carbocycles. The molecule has 0 amide bonds. The summed E-state index contributed by atoms with van der Waals surface area (Å²) in [6, 6.07) is 0.546. The highest BCUT2D eigenvalue weighted by molar-refractivity contribution is 4.75. The van der Waals surface area contributed by atoms with Crippen molar-refractivity contribution in [3.63, 3.8) is 0 Å². The third-order valence-corrected chi connectivity index (χ3v) is 2.46. The fourth-order valence-corrected chi connectivity index (χ4v) is 1.67. The standard InChI is InChI=1S/C11H23NO2/c1-4-13-8-11-6-5-10(14-11)7-12-9(2)3/h9-12H,4-8H2,1-3H3. The first-order valence-corrected chi connectivity index (χ1v) is 5.69. The van der Waals surface area contributed by atoms with E-state index >= 15 is 0 Å². The second-order valence-corrected chi connectivity index (χ2v) is 4.18. The smallest absolute Gasteiger partial charge is 0.0813 e. The summed E-state index contributed by atoms with van der Waals surface area (Å²) < 4.78 is 11.2. The molecule has 1 rings (SSSR count). The lowest BCUT2D eigenvalue weighted by Crippen LogP contribution is -2.32. The first-order chi connectivity index (χ1) is 6.72. The van der Waals surface area contributed by atoms with Crippen LogP contribution < -0.4 is 5.32 Å². The van der Waals surface area contributed by atoms with Crippen LogP contribution in [0, 0.1) is 0 Å². The molecule has 14 heavy (non-hydrogen) atoms. The van der Waals surface area contributed by atoms with Gasteiger partial charge in [-0.25, -0.2) is 0 Å². The van der Waals surface area contributed by atoms with E-state index in [0.717, 1.165) is 32.6 Å². The van der Waals surface area contributed by atoms with Crippen LogP contribution in [0.5, 0.6) is 0 Å². The lowest BCUT2D eigenvalue weighted by molar-refractivity contribution is -0.0118. The van der Waals surface area contributed by atoms with Crippen molar-refractivity contribution < 1.29 is 9.47 Å². The van der Waals surface area contributed by atoms with Crippen LogP contribution in [0.4, 0.5) is 0 Å². The second kappa shape index (κ2) is 6.38. The largest absolute Gasteiger partial charge is 0.379 e. The third kappa shape index (κ3) is 4.40. The molecule has 0 aromatic carbocycles. The molecule has 0 saturated carbocycles. The van der Waals surface area contributed by atoms with Gasteiger partial charge in [-0.2, -0.15) is 0 Å². The Morgan fingerprint density at radius 1 is 1.36 bits per heavy atom. The summed E-state index contributed by atoms with van der Waals surface area (Å²) in [5, 5.41) is 3.40. The Bertz CT molecular complexity index is 150. The number of ether oxygens (including phenoxy) is 2. The van der Waals surface area contributed by atoms with Crippen LogP contribution >= 0.6 is 0 Å². The van der Waals surface area contributed by atoms with Gasteiger partial charge in [-0.15, -0.1) is 0 Å². The van der Waals surface area contributed by atoms with Crippen molar-refractivity contribution in [2.75, 3.05) is 19.8 Å². The highest BCUT2D eigenvalue weighted by Crippen LogP contribution is 2.19. The highest BCUT2D eigenvalue weighted by atomic mass is 16.5. The van der Waals surface area contributed by atoms with Gasteiger partial charge in [0.15, 0.2) is 0 Å². The maximum Gasteiger partial charge on any atom is 0.0813 e. The Hall–Kier alpha value is -0.120. The Kier molecular flexibility index (Phi) is 5.45. The van der Waals surface area contributed by atoms with Gasteiger partial charge >= 0.3 is 0 Å². The molecule has 0 radical (unpaired) electrons. The van der Waals surface area contributed by atoms with Crippen molar-refractivity contribution in [3.05, 3.63) is 0 Å². The Labute approximate surface area is 87.2 Å². The van der Waals surface area contributed by atoms with Gasteiger partial charge in [0.2, 0.25) is 0 Å². The number of hydrogen-bond donors (Lipinski definition) is 1. The van der Waals surface area contributed by atoms with Crippen molar-refractivity contribution in [1.82, 2.24) is 5.32 Å². The molecule has 1 aliphatic rings. The first-order valence-electron chi connectivity index (χ1n) is 5.69. The average molecular weight is 201 g/mol. The molecular formula is C11H23NO2. The quantitative estimate of drug-likeness (QED) is 0.707. The summed E-state index contributed by atoms with van der Waals surface area (Å²) in [6.45, 7) is 8.86. The lowest BCUT2D eigenvalue weighted by atomic mass is 10.2. The monoisotopic (exact) mass is 201 g/mol. The minimum atomic E-state index is 0.328. The first kappa shape index (κ1) is 12.0. The van der Waals surface area contributed by atoms with Gasteiger partial charge in [0.1, 0.15) is 0 Å². The van der Waals surface area contributed by atoms with Gasteiger partial charge in [-0.05, 0) is 19.8 Å². The summed E-state index contributed by atoms with van der Waals surface area (Å²) in [5.74, 6) is 0. The summed E-state index contributed by atoms with van der Waals surface area (Å²) in [4.78, 5) is 0. The zero-order valence-corrected chi connectivity index (χ0v) is 9.58. The van der Waals surface area contributed by atoms with Crippen LogP contribution in [-0.4, -0.2) is 38.0 Å². The average Bonchev–Trinajstić information content (AvgIpc) is 2.59. The van der Waals surface area contributed by atoms with Gasteiger partial charge in [-0.1, -0.05) is 13.8 Å². The Morgan fingerprint density at radius 3 is 2.71 bits per heavy atom. The summed E-state index contributed by atoms with van der Waals surface area (Å²) in [5.41, 5.74) is 0. The van der Waals surface area contributed by atoms with E-state index in [0.29, 0.717) is 18.2 Å². The van der Waals surface area contributed by atoms with E-state index in [2.05, 4.69) is 19.2 Å². The summed E-state index contributed by atoms with van der Waals surface area (Å²) in [7, 11) is 0. The van der Waals surface area contributed by atoms with Crippen LogP contribution in [0.15, 0.2) is 0 Å². The highest BCUT2D eigenvalue weighted by Gasteiger charge is 2.24. The molecule has 1 heterocycles. The lowest BCUT2D eigenvalue weighted by Gasteiger charge is -2.15. The van der Waals surface area contributed by atoms with Crippen molar-refractivity contribution in [2.45, 2.75) is 51.9 Å². The van der Waals surface area contributed by atoms with Gasteiger partial charge in [0, 0.05) is 19.2 Å². The van der Waals surface area contributed by atoms with Crippen molar-refractivity contribution in [1.29, 1.82) is 0 Å². The van der Waals surface area contributed by atoms with Crippen molar-refractivity contribution in [3.8, 4) is 0 Å². The van der Waals surface area contributed by atoms with E-state index in [1.807, 2.05) is 6.92 Å². The van der Waals surface area contributed by atoms with Crippen LogP contribution in [0.3, 0.4) is 0 Å². The van der Waals surface area contributed by atoms with Crippen molar-refractivity contribution >= 4 is 0 Å². The molecule has 2 unspecified atom stereocenters. The van der Waals surface area contributed by atoms with E-state index < -0.39 is 0 Å². The second-order valence-electron chi connectivity index (χ2n) is 4.18. The van der Waals surface area contributed by atoms with Crippen LogP contribution in [-0.2, 0) is 9.47 Å². The SMILES string of the molecule is CCOCC1CCC(CNC(C)C)O1. The molecule has 84 valence electrons. The summed E-state index contributed by atoms with van der Waals surface area (Å²) >= 11 is 0. The van der Waals surface area contributed by atoms with Crippen molar-refractivity contribution in [2.24, 2.45) is 0 Å². The predicted molar refractivity (Wildman–Crippen MR) is 57.5 cm³/mol. The molecular weight excluding hydrogens is 178 g/mol. The number of nitrogens with one attached hydrogen (secondary N) is 1. The minimum Gasteiger partial charge on any atom is -0.379 e. The van der Waals surface area contributed by atoms with Gasteiger partial charge in [-0.3, -0.25) is 0 Å². The fraction of sp³-hybridized carbons (Fsp3) is 1.00. The van der Waals surface area contributed by atoms with E-state index in [1.165, 1.54) is 0 Å². The number of rotatable bonds is 6. The van der Waals surface area contributed by atoms with Gasteiger partial charge < -0.3 is 14.8 Å². The molecule has 1 saturated heterocycles. The topological polar surface area (TPSA) is 30.5 Å². The Balaban J connectivity index is 2.08. The molecule has 0 bridgehead atoms. The molecule has 2 atom stereocenters. The van der Waals surface area contributed by atoms with E-state index in [-0.39, 0.29) is 0 Å². The zero-order chi connectivity index (χ0) is 10.4. The molecule has 3 heteroatoms. The minimum absolute atomic E-state index is 0.328. The van der Waals surface area contributed by atoms with E-state index in [4.69, 9.17) is 9.47 Å². The van der Waals surface area contributed by atoms with E-state index in [9.17, 15) is 0 Å². The molecule has 1 N–H and O–H groups in total. The maximum atomic E-state index is 5.83.